The molecular weight excluding hydrogens is 349 g/mol. The number of carbonyl (C=O) groups excluding carboxylic acids is 2. The maximum Gasteiger partial charge on any atom is 0.226 e. The normalized spacial score (nSPS) is 10.3. The molecule has 0 fully saturated rings. The molecule has 0 aliphatic carbocycles. The van der Waals surface area contributed by atoms with Gasteiger partial charge in [0.05, 0.1) is 10.7 Å². The summed E-state index contributed by atoms with van der Waals surface area (Å²) in [6.07, 6.45) is 3.50. The molecular formula is C17H17Cl2N3O2. The first-order valence-electron chi connectivity index (χ1n) is 7.35. The van der Waals surface area contributed by atoms with Crippen molar-refractivity contribution in [3.63, 3.8) is 0 Å². The number of pyridine rings is 1. The minimum absolute atomic E-state index is 0.0969. The summed E-state index contributed by atoms with van der Waals surface area (Å²) in [6.45, 7) is 2.22. The zero-order valence-electron chi connectivity index (χ0n) is 13.1. The minimum Gasteiger partial charge on any atom is -0.338 e. The average molecular weight is 366 g/mol. The van der Waals surface area contributed by atoms with Crippen LogP contribution in [0.1, 0.15) is 18.9 Å². The molecule has 7 heteroatoms. The number of hydrogen-bond donors (Lipinski definition) is 1. The van der Waals surface area contributed by atoms with E-state index >= 15 is 0 Å². The molecule has 0 saturated carbocycles. The van der Waals surface area contributed by atoms with Gasteiger partial charge in [0.15, 0.2) is 0 Å². The van der Waals surface area contributed by atoms with Crippen molar-refractivity contribution in [1.82, 2.24) is 9.88 Å². The summed E-state index contributed by atoms with van der Waals surface area (Å²) in [6, 6.07) is 8.52. The number of anilines is 1. The highest BCUT2D eigenvalue weighted by atomic mass is 35.5. The molecule has 0 saturated heterocycles. The van der Waals surface area contributed by atoms with Gasteiger partial charge in [-0.15, -0.1) is 0 Å². The number of nitrogens with zero attached hydrogens (tertiary/aromatic N) is 2. The summed E-state index contributed by atoms with van der Waals surface area (Å²) in [5, 5.41) is 3.60. The second kappa shape index (κ2) is 8.66. The average Bonchev–Trinajstić information content (AvgIpc) is 2.55. The number of halogens is 2. The van der Waals surface area contributed by atoms with Crippen LogP contribution in [0.4, 0.5) is 5.69 Å². The Bertz CT molecular complexity index is 723. The molecule has 24 heavy (non-hydrogen) atoms. The summed E-state index contributed by atoms with van der Waals surface area (Å²) in [4.78, 5) is 29.4. The van der Waals surface area contributed by atoms with Crippen LogP contribution in [0, 0.1) is 0 Å². The van der Waals surface area contributed by atoms with E-state index in [9.17, 15) is 9.59 Å². The summed E-state index contributed by atoms with van der Waals surface area (Å²) >= 11 is 11.9. The van der Waals surface area contributed by atoms with Crippen molar-refractivity contribution in [2.24, 2.45) is 0 Å². The molecule has 0 radical (unpaired) electrons. The van der Waals surface area contributed by atoms with Crippen molar-refractivity contribution in [2.75, 3.05) is 11.9 Å². The number of nitrogens with one attached hydrogen (secondary N) is 1. The van der Waals surface area contributed by atoms with Gasteiger partial charge in [0.25, 0.3) is 0 Å². The van der Waals surface area contributed by atoms with Crippen molar-refractivity contribution < 1.29 is 9.59 Å². The van der Waals surface area contributed by atoms with Crippen LogP contribution in [-0.4, -0.2) is 28.2 Å². The van der Waals surface area contributed by atoms with Gasteiger partial charge in [0, 0.05) is 43.9 Å². The zero-order chi connectivity index (χ0) is 17.5. The van der Waals surface area contributed by atoms with E-state index < -0.39 is 0 Å². The lowest BCUT2D eigenvalue weighted by Gasteiger charge is -2.21. The van der Waals surface area contributed by atoms with Crippen LogP contribution in [0.5, 0.6) is 0 Å². The van der Waals surface area contributed by atoms with Gasteiger partial charge in [-0.05, 0) is 35.9 Å². The molecule has 5 nitrogen and oxygen atoms in total. The van der Waals surface area contributed by atoms with E-state index in [0.717, 1.165) is 5.56 Å². The predicted octanol–water partition coefficient (Wildman–Crippen LogP) is 3.77. The number of benzene rings is 1. The van der Waals surface area contributed by atoms with Gasteiger partial charge in [-0.25, -0.2) is 0 Å². The van der Waals surface area contributed by atoms with Crippen molar-refractivity contribution >= 4 is 40.7 Å². The van der Waals surface area contributed by atoms with Gasteiger partial charge in [-0.1, -0.05) is 23.2 Å². The van der Waals surface area contributed by atoms with E-state index in [1.165, 1.54) is 6.92 Å². The molecule has 0 unspecified atom stereocenters. The molecule has 0 spiro atoms. The van der Waals surface area contributed by atoms with Crippen LogP contribution in [0.3, 0.4) is 0 Å². The first-order chi connectivity index (χ1) is 11.5. The number of aromatic nitrogens is 1. The highest BCUT2D eigenvalue weighted by Crippen LogP contribution is 2.25. The highest BCUT2D eigenvalue weighted by molar-refractivity contribution is 6.35. The number of amides is 2. The third-order valence-corrected chi connectivity index (χ3v) is 3.94. The smallest absolute Gasteiger partial charge is 0.226 e. The number of hydrogen-bond acceptors (Lipinski definition) is 3. The van der Waals surface area contributed by atoms with E-state index in [-0.39, 0.29) is 18.2 Å². The minimum atomic E-state index is -0.236. The van der Waals surface area contributed by atoms with Crippen LogP contribution in [0.15, 0.2) is 42.7 Å². The van der Waals surface area contributed by atoms with Gasteiger partial charge >= 0.3 is 0 Å². The molecule has 1 aromatic carbocycles. The van der Waals surface area contributed by atoms with Gasteiger partial charge in [0.1, 0.15) is 0 Å². The van der Waals surface area contributed by atoms with Crippen LogP contribution >= 0.6 is 23.2 Å². The fraction of sp³-hybridized carbons (Fsp3) is 0.235. The fourth-order valence-corrected chi connectivity index (χ4v) is 2.44. The van der Waals surface area contributed by atoms with Crippen molar-refractivity contribution in [3.8, 4) is 0 Å². The monoisotopic (exact) mass is 365 g/mol. The third-order valence-electron chi connectivity index (χ3n) is 3.38. The molecule has 0 aliphatic heterocycles. The highest BCUT2D eigenvalue weighted by Gasteiger charge is 2.13. The second-order valence-corrected chi connectivity index (χ2v) is 6.06. The lowest BCUT2D eigenvalue weighted by atomic mass is 10.2. The zero-order valence-corrected chi connectivity index (χ0v) is 14.6. The van der Waals surface area contributed by atoms with Crippen LogP contribution in [-0.2, 0) is 16.1 Å². The Balaban J connectivity index is 1.92. The molecule has 2 aromatic rings. The molecule has 0 atom stereocenters. The molecule has 2 amide bonds. The van der Waals surface area contributed by atoms with Gasteiger partial charge in [-0.3, -0.25) is 14.6 Å². The van der Waals surface area contributed by atoms with Crippen molar-refractivity contribution in [2.45, 2.75) is 19.9 Å². The van der Waals surface area contributed by atoms with Crippen LogP contribution in [0.25, 0.3) is 0 Å². The third kappa shape index (κ3) is 5.51. The Morgan fingerprint density at radius 2 is 1.88 bits per heavy atom. The van der Waals surface area contributed by atoms with E-state index in [1.807, 2.05) is 12.1 Å². The van der Waals surface area contributed by atoms with Gasteiger partial charge < -0.3 is 10.2 Å². The van der Waals surface area contributed by atoms with Crippen molar-refractivity contribution in [1.29, 1.82) is 0 Å². The largest absolute Gasteiger partial charge is 0.338 e. The quantitative estimate of drug-likeness (QED) is 0.847. The topological polar surface area (TPSA) is 62.3 Å². The van der Waals surface area contributed by atoms with Gasteiger partial charge in [0.2, 0.25) is 11.8 Å². The van der Waals surface area contributed by atoms with E-state index in [4.69, 9.17) is 23.2 Å². The Labute approximate surface area is 150 Å². The molecule has 2 rings (SSSR count). The Kier molecular flexibility index (Phi) is 6.58. The summed E-state index contributed by atoms with van der Waals surface area (Å²) in [5.41, 5.74) is 1.41. The standard InChI is InChI=1S/C17H17Cl2N3O2/c1-12(23)22(11-13-4-7-20-8-5-13)9-6-17(24)21-16-10-14(18)2-3-15(16)19/h2-5,7-8,10H,6,9,11H2,1H3,(H,21,24). The Morgan fingerprint density at radius 3 is 2.54 bits per heavy atom. The summed E-state index contributed by atoms with van der Waals surface area (Å²) in [7, 11) is 0. The van der Waals surface area contributed by atoms with Crippen LogP contribution < -0.4 is 5.32 Å². The molecule has 1 N–H and O–H groups in total. The van der Waals surface area contributed by atoms with Crippen LogP contribution in [0.2, 0.25) is 10.0 Å². The molecule has 126 valence electrons. The molecule has 0 bridgehead atoms. The first kappa shape index (κ1) is 18.2. The second-order valence-electron chi connectivity index (χ2n) is 5.22. The first-order valence-corrected chi connectivity index (χ1v) is 8.10. The Morgan fingerprint density at radius 1 is 1.17 bits per heavy atom. The van der Waals surface area contributed by atoms with E-state index in [0.29, 0.717) is 28.8 Å². The molecule has 1 heterocycles. The lowest BCUT2D eigenvalue weighted by Crippen LogP contribution is -2.31. The lowest BCUT2D eigenvalue weighted by molar-refractivity contribution is -0.129. The maximum atomic E-state index is 12.1. The SMILES string of the molecule is CC(=O)N(CCC(=O)Nc1cc(Cl)ccc1Cl)Cc1ccncc1. The van der Waals surface area contributed by atoms with Crippen molar-refractivity contribution in [3.05, 3.63) is 58.3 Å². The van der Waals surface area contributed by atoms with Gasteiger partial charge in [-0.2, -0.15) is 0 Å². The van der Waals surface area contributed by atoms with E-state index in [2.05, 4.69) is 10.3 Å². The predicted molar refractivity (Wildman–Crippen MR) is 95.0 cm³/mol. The number of carbonyl (C=O) groups is 2. The molecule has 1 aromatic heterocycles. The molecule has 0 aliphatic rings. The number of rotatable bonds is 6. The fourth-order valence-electron chi connectivity index (χ4n) is 2.10. The maximum absolute atomic E-state index is 12.1. The summed E-state index contributed by atoms with van der Waals surface area (Å²) < 4.78 is 0. The van der Waals surface area contributed by atoms with E-state index in [1.54, 1.807) is 35.5 Å². The summed E-state index contributed by atoms with van der Waals surface area (Å²) in [5.74, 6) is -0.333. The Hall–Kier alpha value is -2.11.